The predicted molar refractivity (Wildman–Crippen MR) is 212 cm³/mol. The van der Waals surface area contributed by atoms with Gasteiger partial charge in [0.15, 0.2) is 24.3 Å². The van der Waals surface area contributed by atoms with Crippen LogP contribution in [0, 0.1) is 0 Å². The van der Waals surface area contributed by atoms with Crippen LogP contribution in [-0.4, -0.2) is 159 Å². The summed E-state index contributed by atoms with van der Waals surface area (Å²) >= 11 is 0. The molecule has 4 heterocycles. The van der Waals surface area contributed by atoms with E-state index in [1.807, 2.05) is 0 Å². The third kappa shape index (κ3) is 10.1. The molecule has 8 N–H and O–H groups in total. The predicted octanol–water partition coefficient (Wildman–Crippen LogP) is -0.327. The molecule has 0 amide bonds. The van der Waals surface area contributed by atoms with Crippen molar-refractivity contribution in [1.82, 2.24) is 0 Å². The number of ether oxygens (including phenoxy) is 9. The Morgan fingerprint density at radius 3 is 2.06 bits per heavy atom. The Kier molecular flexibility index (Phi) is 15.0. The van der Waals surface area contributed by atoms with Crippen LogP contribution in [0.25, 0.3) is 22.3 Å². The van der Waals surface area contributed by atoms with E-state index in [1.165, 1.54) is 26.2 Å². The van der Waals surface area contributed by atoms with Gasteiger partial charge in [-0.15, -0.1) is 0 Å². The molecule has 0 aliphatic carbocycles. The molecule has 0 radical (unpaired) electrons. The lowest BCUT2D eigenvalue weighted by Crippen LogP contribution is -2.64. The van der Waals surface area contributed by atoms with Crippen molar-refractivity contribution in [2.24, 2.45) is 0 Å². The SMILES string of the molecule is COc1ccc(-c2oc3c(CC=C(C)C)c(O[C@@H]4OC(CO)[C@@H](O)[C@H](O)C4O)cc(O)c3c(=O)c2O[C@@H]2OC(C)[C@H](OC(C)=O)C(O[C@@H]3OC[C@@H](O)[C@H](OC(C)=O)C3O)[C@@H]2O)cc1. The van der Waals surface area contributed by atoms with Crippen LogP contribution in [-0.2, 0) is 44.4 Å². The molecule has 14 atom stereocenters. The molecule has 0 saturated carbocycles. The third-order valence-corrected chi connectivity index (χ3v) is 10.6. The van der Waals surface area contributed by atoms with Crippen molar-refractivity contribution >= 4 is 22.9 Å². The molecule has 3 aliphatic heterocycles. The first kappa shape index (κ1) is 47.6. The Morgan fingerprint density at radius 2 is 1.44 bits per heavy atom. The van der Waals surface area contributed by atoms with E-state index in [9.17, 15) is 55.2 Å². The van der Waals surface area contributed by atoms with Gasteiger partial charge >= 0.3 is 11.9 Å². The quantitative estimate of drug-likeness (QED) is 0.0805. The average Bonchev–Trinajstić information content (AvgIpc) is 3.23. The van der Waals surface area contributed by atoms with Gasteiger partial charge in [0.05, 0.1) is 26.4 Å². The Bertz CT molecular complexity index is 2180. The molecule has 3 aromatic rings. The minimum atomic E-state index is -1.95. The van der Waals surface area contributed by atoms with Crippen molar-refractivity contribution in [2.45, 2.75) is 127 Å². The normalized spacial score (nSPS) is 32.1. The number of methoxy groups -OCH3 is 1. The number of benzene rings is 2. The van der Waals surface area contributed by atoms with Gasteiger partial charge in [-0.1, -0.05) is 11.6 Å². The monoisotopic (exact) mass is 892 g/mol. The first-order valence-corrected chi connectivity index (χ1v) is 19.9. The summed E-state index contributed by atoms with van der Waals surface area (Å²) in [4.78, 5) is 38.8. The third-order valence-electron chi connectivity index (χ3n) is 10.6. The molecule has 0 spiro atoms. The summed E-state index contributed by atoms with van der Waals surface area (Å²) in [7, 11) is 1.44. The molecule has 2 aromatic carbocycles. The van der Waals surface area contributed by atoms with E-state index in [1.54, 1.807) is 32.1 Å². The molecule has 3 aliphatic rings. The molecule has 6 rings (SSSR count). The number of aromatic hydroxyl groups is 1. The smallest absolute Gasteiger partial charge is 0.303 e. The number of allylic oxidation sites excluding steroid dienone is 2. The highest BCUT2D eigenvalue weighted by Crippen LogP contribution is 2.42. The zero-order valence-electron chi connectivity index (χ0n) is 35.1. The molecule has 0 bridgehead atoms. The second kappa shape index (κ2) is 19.9. The molecule has 63 heavy (non-hydrogen) atoms. The first-order chi connectivity index (χ1) is 29.8. The van der Waals surface area contributed by atoms with Crippen molar-refractivity contribution in [3.63, 3.8) is 0 Å². The van der Waals surface area contributed by atoms with Gasteiger partial charge in [0.1, 0.15) is 77.0 Å². The fourth-order valence-corrected chi connectivity index (χ4v) is 7.39. The van der Waals surface area contributed by atoms with Gasteiger partial charge in [0.25, 0.3) is 0 Å². The number of carbonyl (C=O) groups is 2. The van der Waals surface area contributed by atoms with E-state index in [0.717, 1.165) is 25.5 Å². The molecular weight excluding hydrogens is 840 g/mol. The highest BCUT2D eigenvalue weighted by Gasteiger charge is 2.52. The van der Waals surface area contributed by atoms with Gasteiger partial charge in [-0.05, 0) is 51.5 Å². The van der Waals surface area contributed by atoms with Crippen molar-refractivity contribution < 1.29 is 97.5 Å². The lowest BCUT2D eigenvalue weighted by molar-refractivity contribution is -0.337. The van der Waals surface area contributed by atoms with Gasteiger partial charge in [-0.2, -0.15) is 0 Å². The van der Waals surface area contributed by atoms with Gasteiger partial charge in [0.2, 0.25) is 23.8 Å². The number of hydrogen-bond donors (Lipinski definition) is 8. The van der Waals surface area contributed by atoms with E-state index in [0.29, 0.717) is 5.75 Å². The molecule has 21 heteroatoms. The summed E-state index contributed by atoms with van der Waals surface area (Å²) in [5.74, 6) is -2.94. The molecule has 3 saturated heterocycles. The van der Waals surface area contributed by atoms with Gasteiger partial charge in [0, 0.05) is 31.0 Å². The Balaban J connectivity index is 1.46. The van der Waals surface area contributed by atoms with Crippen LogP contribution in [0.2, 0.25) is 0 Å². The number of hydrogen-bond acceptors (Lipinski definition) is 21. The van der Waals surface area contributed by atoms with E-state index < -0.39 is 133 Å². The molecule has 5 unspecified atom stereocenters. The summed E-state index contributed by atoms with van der Waals surface area (Å²) in [5, 5.41) is 85.7. The first-order valence-electron chi connectivity index (χ1n) is 19.9. The maximum Gasteiger partial charge on any atom is 0.303 e. The van der Waals surface area contributed by atoms with Crippen molar-refractivity contribution in [1.29, 1.82) is 0 Å². The molecule has 1 aromatic heterocycles. The van der Waals surface area contributed by atoms with Gasteiger partial charge in [-0.25, -0.2) is 0 Å². The summed E-state index contributed by atoms with van der Waals surface area (Å²) in [5.41, 5.74) is -0.0286. The maximum absolute atomic E-state index is 14.8. The maximum atomic E-state index is 14.8. The Morgan fingerprint density at radius 1 is 0.810 bits per heavy atom. The van der Waals surface area contributed by atoms with E-state index in [4.69, 9.17) is 47.0 Å². The summed E-state index contributed by atoms with van der Waals surface area (Å²) < 4.78 is 57.5. The van der Waals surface area contributed by atoms with Crippen molar-refractivity contribution in [3.05, 3.63) is 57.8 Å². The largest absolute Gasteiger partial charge is 0.507 e. The van der Waals surface area contributed by atoms with Gasteiger partial charge in [-0.3, -0.25) is 14.4 Å². The van der Waals surface area contributed by atoms with Crippen LogP contribution in [0.5, 0.6) is 23.0 Å². The lowest BCUT2D eigenvalue weighted by Gasteiger charge is -2.45. The minimum Gasteiger partial charge on any atom is -0.507 e. The zero-order chi connectivity index (χ0) is 46.0. The second-order valence-corrected chi connectivity index (χ2v) is 15.5. The molecule has 3 fully saturated rings. The van der Waals surface area contributed by atoms with E-state index >= 15 is 0 Å². The summed E-state index contributed by atoms with van der Waals surface area (Å²) in [6, 6.07) is 7.21. The van der Waals surface area contributed by atoms with Gasteiger partial charge < -0.3 is 87.9 Å². The number of rotatable bonds is 13. The molecule has 21 nitrogen and oxygen atoms in total. The number of esters is 2. The summed E-state index contributed by atoms with van der Waals surface area (Å²) in [6.45, 7) is 6.00. The molecule has 346 valence electrons. The fourth-order valence-electron chi connectivity index (χ4n) is 7.39. The van der Waals surface area contributed by atoms with Crippen LogP contribution in [0.3, 0.4) is 0 Å². The fraction of sp³-hybridized carbons (Fsp3) is 0.548. The number of aliphatic hydroxyl groups is 7. The van der Waals surface area contributed by atoms with E-state index in [2.05, 4.69) is 0 Å². The number of aliphatic hydroxyl groups excluding tert-OH is 7. The Labute approximate surface area is 359 Å². The van der Waals surface area contributed by atoms with Crippen LogP contribution in [0.15, 0.2) is 51.2 Å². The second-order valence-electron chi connectivity index (χ2n) is 15.5. The Hall–Kier alpha value is -4.91. The van der Waals surface area contributed by atoms with Crippen molar-refractivity contribution in [3.8, 4) is 34.3 Å². The number of phenols is 1. The lowest BCUT2D eigenvalue weighted by atomic mass is 9.98. The van der Waals surface area contributed by atoms with Crippen LogP contribution in [0.4, 0.5) is 0 Å². The number of carbonyl (C=O) groups excluding carboxylic acids is 2. The average molecular weight is 893 g/mol. The number of fused-ring (bicyclic) bond motifs is 1. The topological polar surface area (TPSA) is 309 Å². The number of phenolic OH excluding ortho intramolecular Hbond substituents is 1. The van der Waals surface area contributed by atoms with E-state index in [-0.39, 0.29) is 34.6 Å². The standard InChI is InChI=1S/C42H52O21/c1-16(2)7-12-22-25(59-41-31(51)30(50)28(48)26(14-43)60-41)13-23(46)27-29(49)38(35(61-36(22)27)20-8-10-21(54-6)11-9-20)63-42-33(53)39(34(17(3)56-42)57-18(4)44)62-40-32(52)37(58-19(5)45)24(47)15-55-40/h7-11,13,17,24,26,28,30-34,37,39-43,46-48,50-53H,12,14-15H2,1-6H3/t17?,24-,26?,28-,30+,31?,32?,33+,34+,37+,39?,40+,41-,42+/m1/s1. The van der Waals surface area contributed by atoms with Crippen LogP contribution < -0.4 is 19.6 Å². The zero-order valence-corrected chi connectivity index (χ0v) is 35.1. The summed E-state index contributed by atoms with van der Waals surface area (Å²) in [6.07, 6.45) is -20.9. The highest BCUT2D eigenvalue weighted by molar-refractivity contribution is 5.91. The minimum absolute atomic E-state index is 0.0000166. The highest BCUT2D eigenvalue weighted by atomic mass is 16.7. The van der Waals surface area contributed by atoms with Crippen LogP contribution >= 0.6 is 0 Å². The van der Waals surface area contributed by atoms with Crippen molar-refractivity contribution in [2.75, 3.05) is 20.3 Å². The molecular formula is C42H52O21. The van der Waals surface area contributed by atoms with Crippen LogP contribution in [0.1, 0.15) is 40.2 Å².